The summed E-state index contributed by atoms with van der Waals surface area (Å²) in [5, 5.41) is 3.60. The first-order valence-electron chi connectivity index (χ1n) is 5.67. The van der Waals surface area contributed by atoms with E-state index < -0.39 is 6.04 Å². The Labute approximate surface area is 112 Å². The van der Waals surface area contributed by atoms with Crippen molar-refractivity contribution in [2.75, 3.05) is 14.2 Å². The average molecular weight is 272 g/mol. The molecule has 0 fully saturated rings. The Balaban J connectivity index is 3.05. The summed E-state index contributed by atoms with van der Waals surface area (Å²) in [6.07, 6.45) is 0. The Bertz CT molecular complexity index is 421. The minimum atomic E-state index is -0.529. The van der Waals surface area contributed by atoms with Crippen LogP contribution >= 0.6 is 11.6 Å². The van der Waals surface area contributed by atoms with E-state index in [-0.39, 0.29) is 12.0 Å². The van der Waals surface area contributed by atoms with Crippen LogP contribution in [-0.4, -0.2) is 26.2 Å². The number of nitrogens with one attached hydrogen (secondary N) is 1. The van der Waals surface area contributed by atoms with E-state index in [1.54, 1.807) is 25.3 Å². The highest BCUT2D eigenvalue weighted by Gasteiger charge is 2.22. The zero-order chi connectivity index (χ0) is 13.7. The van der Waals surface area contributed by atoms with Crippen LogP contribution in [-0.2, 0) is 9.53 Å². The molecule has 0 bridgehead atoms. The number of carbonyl (C=O) groups is 1. The molecule has 0 radical (unpaired) electrons. The van der Waals surface area contributed by atoms with Crippen molar-refractivity contribution < 1.29 is 14.3 Å². The van der Waals surface area contributed by atoms with Crippen LogP contribution < -0.4 is 10.1 Å². The molecule has 100 valence electrons. The van der Waals surface area contributed by atoms with Gasteiger partial charge in [-0.3, -0.25) is 5.32 Å². The molecule has 1 N–H and O–H groups in total. The Morgan fingerprint density at radius 1 is 1.33 bits per heavy atom. The molecule has 5 heteroatoms. The molecule has 18 heavy (non-hydrogen) atoms. The van der Waals surface area contributed by atoms with Crippen molar-refractivity contribution in [3.05, 3.63) is 28.8 Å². The third-order valence-corrected chi connectivity index (χ3v) is 2.74. The van der Waals surface area contributed by atoms with E-state index in [9.17, 15) is 4.79 Å². The topological polar surface area (TPSA) is 47.6 Å². The third-order valence-electron chi connectivity index (χ3n) is 2.45. The van der Waals surface area contributed by atoms with Gasteiger partial charge in [-0.1, -0.05) is 17.7 Å². The van der Waals surface area contributed by atoms with Crippen LogP contribution in [0.4, 0.5) is 0 Å². The predicted octanol–water partition coefficient (Wildman–Crippen LogP) is 2.56. The van der Waals surface area contributed by atoms with E-state index in [1.807, 2.05) is 13.8 Å². The van der Waals surface area contributed by atoms with Gasteiger partial charge in [-0.2, -0.15) is 0 Å². The second kappa shape index (κ2) is 6.61. The lowest BCUT2D eigenvalue weighted by Crippen LogP contribution is -2.34. The van der Waals surface area contributed by atoms with E-state index in [4.69, 9.17) is 21.1 Å². The van der Waals surface area contributed by atoms with E-state index in [0.717, 1.165) is 5.56 Å². The molecule has 1 unspecified atom stereocenters. The Hall–Kier alpha value is -1.26. The van der Waals surface area contributed by atoms with Crippen LogP contribution in [0.1, 0.15) is 25.5 Å². The molecule has 1 atom stereocenters. The fourth-order valence-electron chi connectivity index (χ4n) is 1.61. The molecule has 4 nitrogen and oxygen atoms in total. The van der Waals surface area contributed by atoms with Gasteiger partial charge in [0.15, 0.2) is 0 Å². The van der Waals surface area contributed by atoms with Crippen LogP contribution in [0.2, 0.25) is 5.02 Å². The minimum absolute atomic E-state index is 0.148. The highest BCUT2D eigenvalue weighted by Crippen LogP contribution is 2.28. The number of hydrogen-bond donors (Lipinski definition) is 1. The standard InChI is InChI=1S/C13H18ClNO3/c1-8(2)15-12(13(16)18-4)9-5-6-11(17-3)10(14)7-9/h5-8,12,15H,1-4H3. The van der Waals surface area contributed by atoms with Gasteiger partial charge in [0.25, 0.3) is 0 Å². The summed E-state index contributed by atoms with van der Waals surface area (Å²) in [5.41, 5.74) is 0.751. The van der Waals surface area contributed by atoms with Gasteiger partial charge in [0, 0.05) is 6.04 Å². The van der Waals surface area contributed by atoms with Crippen molar-refractivity contribution in [1.82, 2.24) is 5.32 Å². The Kier molecular flexibility index (Phi) is 5.44. The molecule has 0 aliphatic carbocycles. The maximum Gasteiger partial charge on any atom is 0.327 e. The first-order chi connectivity index (χ1) is 8.49. The van der Waals surface area contributed by atoms with Crippen LogP contribution in [0.25, 0.3) is 0 Å². The van der Waals surface area contributed by atoms with Crippen molar-refractivity contribution in [1.29, 1.82) is 0 Å². The summed E-state index contributed by atoms with van der Waals surface area (Å²) in [4.78, 5) is 11.8. The molecule has 0 saturated carbocycles. The first-order valence-corrected chi connectivity index (χ1v) is 6.04. The van der Waals surface area contributed by atoms with Gasteiger partial charge < -0.3 is 9.47 Å². The SMILES string of the molecule is COC(=O)C(NC(C)C)c1ccc(OC)c(Cl)c1. The largest absolute Gasteiger partial charge is 0.495 e. The van der Waals surface area contributed by atoms with E-state index in [0.29, 0.717) is 10.8 Å². The number of hydrogen-bond acceptors (Lipinski definition) is 4. The summed E-state index contributed by atoms with van der Waals surface area (Å²) >= 11 is 6.05. The monoisotopic (exact) mass is 271 g/mol. The number of methoxy groups -OCH3 is 2. The van der Waals surface area contributed by atoms with Gasteiger partial charge in [0.1, 0.15) is 11.8 Å². The second-order valence-corrected chi connectivity index (χ2v) is 4.58. The molecular formula is C13H18ClNO3. The number of carbonyl (C=O) groups excluding carboxylic acids is 1. The quantitative estimate of drug-likeness (QED) is 0.836. The lowest BCUT2D eigenvalue weighted by atomic mass is 10.1. The van der Waals surface area contributed by atoms with E-state index in [2.05, 4.69) is 5.32 Å². The van der Waals surface area contributed by atoms with Gasteiger partial charge in [0.2, 0.25) is 0 Å². The lowest BCUT2D eigenvalue weighted by Gasteiger charge is -2.20. The number of halogens is 1. The normalized spacial score (nSPS) is 12.3. The zero-order valence-electron chi connectivity index (χ0n) is 11.0. The van der Waals surface area contributed by atoms with Gasteiger partial charge >= 0.3 is 5.97 Å². The molecule has 0 aliphatic heterocycles. The highest BCUT2D eigenvalue weighted by atomic mass is 35.5. The average Bonchev–Trinajstić information content (AvgIpc) is 2.34. The number of esters is 1. The van der Waals surface area contributed by atoms with E-state index in [1.165, 1.54) is 7.11 Å². The Morgan fingerprint density at radius 2 is 2.00 bits per heavy atom. The minimum Gasteiger partial charge on any atom is -0.495 e. The number of benzene rings is 1. The van der Waals surface area contributed by atoms with Crippen molar-refractivity contribution in [3.8, 4) is 5.75 Å². The molecule has 0 saturated heterocycles. The molecule has 0 spiro atoms. The van der Waals surface area contributed by atoms with Crippen LogP contribution in [0.5, 0.6) is 5.75 Å². The molecule has 0 aromatic heterocycles. The number of rotatable bonds is 5. The Morgan fingerprint density at radius 3 is 2.44 bits per heavy atom. The van der Waals surface area contributed by atoms with Gasteiger partial charge in [-0.15, -0.1) is 0 Å². The fourth-order valence-corrected chi connectivity index (χ4v) is 1.88. The van der Waals surface area contributed by atoms with E-state index >= 15 is 0 Å². The second-order valence-electron chi connectivity index (χ2n) is 4.17. The van der Waals surface area contributed by atoms with Crippen molar-refractivity contribution in [3.63, 3.8) is 0 Å². The molecule has 0 heterocycles. The van der Waals surface area contributed by atoms with Crippen molar-refractivity contribution in [2.24, 2.45) is 0 Å². The molecule has 0 aliphatic rings. The van der Waals surface area contributed by atoms with Crippen molar-refractivity contribution in [2.45, 2.75) is 25.9 Å². The summed E-state index contributed by atoms with van der Waals surface area (Å²) in [5.74, 6) is 0.235. The number of ether oxygens (including phenoxy) is 2. The van der Waals surface area contributed by atoms with Crippen molar-refractivity contribution >= 4 is 17.6 Å². The molecule has 1 aromatic rings. The smallest absolute Gasteiger partial charge is 0.327 e. The predicted molar refractivity (Wildman–Crippen MR) is 71.0 cm³/mol. The zero-order valence-corrected chi connectivity index (χ0v) is 11.7. The third kappa shape index (κ3) is 3.62. The fraction of sp³-hybridized carbons (Fsp3) is 0.462. The first kappa shape index (κ1) is 14.8. The summed E-state index contributed by atoms with van der Waals surface area (Å²) in [6.45, 7) is 3.92. The lowest BCUT2D eigenvalue weighted by molar-refractivity contribution is -0.143. The van der Waals surface area contributed by atoms with Gasteiger partial charge in [-0.05, 0) is 31.5 Å². The van der Waals surface area contributed by atoms with Gasteiger partial charge in [-0.25, -0.2) is 4.79 Å². The van der Waals surface area contributed by atoms with Crippen LogP contribution in [0, 0.1) is 0 Å². The van der Waals surface area contributed by atoms with Gasteiger partial charge in [0.05, 0.1) is 19.2 Å². The highest BCUT2D eigenvalue weighted by molar-refractivity contribution is 6.32. The van der Waals surface area contributed by atoms with Crippen LogP contribution in [0.3, 0.4) is 0 Å². The molecule has 1 rings (SSSR count). The summed E-state index contributed by atoms with van der Waals surface area (Å²) in [7, 11) is 2.91. The maximum atomic E-state index is 11.8. The molecular weight excluding hydrogens is 254 g/mol. The summed E-state index contributed by atoms with van der Waals surface area (Å²) < 4.78 is 9.87. The van der Waals surface area contributed by atoms with Crippen LogP contribution in [0.15, 0.2) is 18.2 Å². The summed E-state index contributed by atoms with van der Waals surface area (Å²) in [6, 6.07) is 4.85. The maximum absolute atomic E-state index is 11.8. The molecule has 1 aromatic carbocycles. The molecule has 0 amide bonds.